The maximum atomic E-state index is 9.35. The van der Waals surface area contributed by atoms with E-state index in [-0.39, 0.29) is 31.8 Å². The molecule has 2 atom stereocenters. The van der Waals surface area contributed by atoms with Crippen molar-refractivity contribution in [3.05, 3.63) is 0 Å². The molecule has 18 heavy (non-hydrogen) atoms. The van der Waals surface area contributed by atoms with Crippen molar-refractivity contribution in [1.82, 2.24) is 0 Å². The molecule has 112 valence electrons. The van der Waals surface area contributed by atoms with Crippen LogP contribution in [0.4, 0.5) is 0 Å². The first-order chi connectivity index (χ1) is 8.67. The molecule has 0 fully saturated rings. The Morgan fingerprint density at radius 2 is 1.33 bits per heavy atom. The van der Waals surface area contributed by atoms with Crippen LogP contribution in [0.15, 0.2) is 0 Å². The summed E-state index contributed by atoms with van der Waals surface area (Å²) in [4.78, 5) is 0. The van der Waals surface area contributed by atoms with Crippen molar-refractivity contribution in [3.63, 3.8) is 0 Å². The molecule has 0 aromatic heterocycles. The Hall–Kier alpha value is -0.160. The fourth-order valence-electron chi connectivity index (χ4n) is 1.63. The second-order valence-electron chi connectivity index (χ2n) is 4.57. The first-order valence-corrected chi connectivity index (χ1v) is 7.18. The van der Waals surface area contributed by atoms with E-state index in [9.17, 15) is 5.11 Å². The van der Waals surface area contributed by atoms with Gasteiger partial charge in [-0.1, -0.05) is 33.1 Å². The Morgan fingerprint density at radius 3 is 1.61 bits per heavy atom. The van der Waals surface area contributed by atoms with E-state index in [0.717, 1.165) is 44.9 Å². The van der Waals surface area contributed by atoms with Crippen molar-refractivity contribution in [2.24, 2.45) is 5.92 Å². The fourth-order valence-corrected chi connectivity index (χ4v) is 1.63. The second kappa shape index (κ2) is 16.8. The van der Waals surface area contributed by atoms with Crippen molar-refractivity contribution in [2.45, 2.75) is 64.9 Å². The minimum absolute atomic E-state index is 0.0833. The number of aliphatic hydroxyl groups excluding tert-OH is 4. The van der Waals surface area contributed by atoms with E-state index in [0.29, 0.717) is 0 Å². The van der Waals surface area contributed by atoms with Gasteiger partial charge >= 0.3 is 0 Å². The highest BCUT2D eigenvalue weighted by Gasteiger charge is 2.14. The predicted octanol–water partition coefficient (Wildman–Crippen LogP) is 1.70. The molecule has 0 saturated heterocycles. The minimum Gasteiger partial charge on any atom is -0.396 e. The van der Waals surface area contributed by atoms with Crippen molar-refractivity contribution in [1.29, 1.82) is 0 Å². The summed E-state index contributed by atoms with van der Waals surface area (Å²) in [6.45, 7) is 4.70. The molecular formula is C14H32O4. The average molecular weight is 264 g/mol. The normalized spacial score (nSPS) is 13.7. The topological polar surface area (TPSA) is 80.9 Å². The van der Waals surface area contributed by atoms with Crippen LogP contribution < -0.4 is 0 Å². The van der Waals surface area contributed by atoms with Gasteiger partial charge in [0, 0.05) is 25.7 Å². The molecule has 0 rings (SSSR count). The van der Waals surface area contributed by atoms with Crippen LogP contribution in [0, 0.1) is 5.92 Å². The van der Waals surface area contributed by atoms with Gasteiger partial charge in [-0.25, -0.2) is 0 Å². The Balaban J connectivity index is 0. The van der Waals surface area contributed by atoms with Gasteiger partial charge in [0.05, 0.1) is 6.10 Å². The summed E-state index contributed by atoms with van der Waals surface area (Å²) in [5, 5.41) is 34.7. The van der Waals surface area contributed by atoms with Gasteiger partial charge < -0.3 is 20.4 Å². The zero-order chi connectivity index (χ0) is 14.2. The lowest BCUT2D eigenvalue weighted by Crippen LogP contribution is -2.22. The summed E-state index contributed by atoms with van der Waals surface area (Å²) in [5.74, 6) is 0.0833. The molecule has 2 unspecified atom stereocenters. The molecule has 4 heteroatoms. The zero-order valence-corrected chi connectivity index (χ0v) is 12.0. The lowest BCUT2D eigenvalue weighted by Gasteiger charge is -2.17. The lowest BCUT2D eigenvalue weighted by atomic mass is 9.97. The molecule has 4 nitrogen and oxygen atoms in total. The highest BCUT2D eigenvalue weighted by molar-refractivity contribution is 4.65. The number of unbranched alkanes of at least 4 members (excludes halogenated alkanes) is 3. The van der Waals surface area contributed by atoms with Crippen LogP contribution in [-0.4, -0.2) is 46.4 Å². The first kappa shape index (κ1) is 20.2. The smallest absolute Gasteiger partial charge is 0.0590 e. The Bertz CT molecular complexity index is 132. The monoisotopic (exact) mass is 264 g/mol. The quantitative estimate of drug-likeness (QED) is 0.453. The van der Waals surface area contributed by atoms with E-state index >= 15 is 0 Å². The van der Waals surface area contributed by atoms with E-state index in [1.54, 1.807) is 0 Å². The van der Waals surface area contributed by atoms with Gasteiger partial charge in [0.1, 0.15) is 0 Å². The van der Waals surface area contributed by atoms with Gasteiger partial charge in [0.2, 0.25) is 0 Å². The fraction of sp³-hybridized carbons (Fsp3) is 1.00. The molecular weight excluding hydrogens is 232 g/mol. The van der Waals surface area contributed by atoms with E-state index in [4.69, 9.17) is 15.3 Å². The van der Waals surface area contributed by atoms with Crippen LogP contribution in [0.25, 0.3) is 0 Å². The van der Waals surface area contributed by atoms with Gasteiger partial charge in [-0.15, -0.1) is 0 Å². The van der Waals surface area contributed by atoms with Crippen LogP contribution in [0.1, 0.15) is 58.8 Å². The standard InChI is InChI=1S/C8H18O2.C6H14O2/c1-3-5-8(10)7(4-2)6-9;7-5-3-1-2-4-6-8/h7-10H,3-6H2,1-2H3;7-8H,1-6H2. The highest BCUT2D eigenvalue weighted by atomic mass is 16.3. The molecule has 4 N–H and O–H groups in total. The Labute approximate surface area is 112 Å². The number of hydrogen-bond donors (Lipinski definition) is 4. The summed E-state index contributed by atoms with van der Waals surface area (Å²) < 4.78 is 0. The van der Waals surface area contributed by atoms with Crippen LogP contribution in [0.2, 0.25) is 0 Å². The van der Waals surface area contributed by atoms with Crippen molar-refractivity contribution in [3.8, 4) is 0 Å². The maximum absolute atomic E-state index is 9.35. The van der Waals surface area contributed by atoms with E-state index in [1.165, 1.54) is 0 Å². The molecule has 0 aliphatic carbocycles. The van der Waals surface area contributed by atoms with Crippen molar-refractivity contribution >= 4 is 0 Å². The van der Waals surface area contributed by atoms with Gasteiger partial charge in [0.15, 0.2) is 0 Å². The van der Waals surface area contributed by atoms with E-state index in [2.05, 4.69) is 0 Å². The summed E-state index contributed by atoms with van der Waals surface area (Å²) in [7, 11) is 0. The number of hydrogen-bond acceptors (Lipinski definition) is 4. The Morgan fingerprint density at radius 1 is 0.833 bits per heavy atom. The average Bonchev–Trinajstić information content (AvgIpc) is 2.37. The maximum Gasteiger partial charge on any atom is 0.0590 e. The molecule has 0 saturated carbocycles. The third kappa shape index (κ3) is 13.9. The largest absolute Gasteiger partial charge is 0.396 e. The molecule has 0 aliphatic rings. The summed E-state index contributed by atoms with van der Waals surface area (Å²) in [6.07, 6.45) is 6.17. The third-order valence-electron chi connectivity index (χ3n) is 2.95. The highest BCUT2D eigenvalue weighted by Crippen LogP contribution is 2.12. The van der Waals surface area contributed by atoms with E-state index < -0.39 is 0 Å². The number of aliphatic hydroxyl groups is 4. The van der Waals surface area contributed by atoms with Gasteiger partial charge in [-0.05, 0) is 25.7 Å². The van der Waals surface area contributed by atoms with Gasteiger partial charge in [0.25, 0.3) is 0 Å². The van der Waals surface area contributed by atoms with Gasteiger partial charge in [-0.2, -0.15) is 0 Å². The molecule has 0 aromatic carbocycles. The summed E-state index contributed by atoms with van der Waals surface area (Å²) >= 11 is 0. The minimum atomic E-state index is -0.306. The molecule has 0 amide bonds. The zero-order valence-electron chi connectivity index (χ0n) is 12.0. The van der Waals surface area contributed by atoms with Crippen molar-refractivity contribution < 1.29 is 20.4 Å². The SMILES string of the molecule is CCCC(O)C(CC)CO.OCCCCCCO. The third-order valence-corrected chi connectivity index (χ3v) is 2.95. The van der Waals surface area contributed by atoms with Crippen LogP contribution in [0.3, 0.4) is 0 Å². The predicted molar refractivity (Wildman–Crippen MR) is 74.4 cm³/mol. The molecule has 0 spiro atoms. The first-order valence-electron chi connectivity index (χ1n) is 7.18. The van der Waals surface area contributed by atoms with Gasteiger partial charge in [-0.3, -0.25) is 0 Å². The van der Waals surface area contributed by atoms with Crippen LogP contribution >= 0.6 is 0 Å². The van der Waals surface area contributed by atoms with Crippen LogP contribution in [-0.2, 0) is 0 Å². The molecule has 0 aromatic rings. The van der Waals surface area contributed by atoms with Crippen molar-refractivity contribution in [2.75, 3.05) is 19.8 Å². The lowest BCUT2D eigenvalue weighted by molar-refractivity contribution is 0.0584. The van der Waals surface area contributed by atoms with Crippen LogP contribution in [0.5, 0.6) is 0 Å². The Kier molecular flexibility index (Phi) is 18.9. The molecule has 0 aliphatic heterocycles. The summed E-state index contributed by atoms with van der Waals surface area (Å²) in [5.41, 5.74) is 0. The molecule has 0 bridgehead atoms. The summed E-state index contributed by atoms with van der Waals surface area (Å²) in [6, 6.07) is 0. The molecule has 0 radical (unpaired) electrons. The number of rotatable bonds is 10. The second-order valence-corrected chi connectivity index (χ2v) is 4.57. The molecule has 0 heterocycles. The van der Waals surface area contributed by atoms with E-state index in [1.807, 2.05) is 13.8 Å².